The van der Waals surface area contributed by atoms with E-state index in [4.69, 9.17) is 0 Å². The van der Waals surface area contributed by atoms with E-state index in [2.05, 4.69) is 18.8 Å². The molecule has 0 heterocycles. The van der Waals surface area contributed by atoms with Gasteiger partial charge in [0.05, 0.1) is 0 Å². The highest BCUT2D eigenvalue weighted by molar-refractivity contribution is 4.61. The van der Waals surface area contributed by atoms with Crippen molar-refractivity contribution in [3.05, 3.63) is 12.8 Å². The molecule has 0 saturated heterocycles. The molecule has 0 spiro atoms. The van der Waals surface area contributed by atoms with Gasteiger partial charge in [-0.05, 0) is 12.6 Å². The van der Waals surface area contributed by atoms with Crippen LogP contribution in [0, 0.1) is 0 Å². The van der Waals surface area contributed by atoms with E-state index in [9.17, 15) is 0 Å². The summed E-state index contributed by atoms with van der Waals surface area (Å²) in [5, 5.41) is 3.09. The van der Waals surface area contributed by atoms with Crippen molar-refractivity contribution in [2.24, 2.45) is 0 Å². The lowest BCUT2D eigenvalue weighted by atomic mass is 10.1. The van der Waals surface area contributed by atoms with E-state index in [-0.39, 0.29) is 0 Å². The van der Waals surface area contributed by atoms with Gasteiger partial charge >= 0.3 is 0 Å². The van der Waals surface area contributed by atoms with Crippen molar-refractivity contribution in [2.45, 2.75) is 39.0 Å². The first kappa shape index (κ1) is 9.54. The maximum atomic E-state index is 3.58. The largest absolute Gasteiger partial charge is 0.391 e. The Kier molecular flexibility index (Phi) is 8.15. The Morgan fingerprint density at radius 1 is 1.20 bits per heavy atom. The van der Waals surface area contributed by atoms with Crippen LogP contribution in [0.1, 0.15) is 39.0 Å². The molecule has 0 aromatic heterocycles. The third kappa shape index (κ3) is 7.54. The lowest BCUT2D eigenvalue weighted by Crippen LogP contribution is -2.05. The molecule has 1 heteroatoms. The van der Waals surface area contributed by atoms with Crippen molar-refractivity contribution in [3.63, 3.8) is 0 Å². The Hall–Kier alpha value is -0.460. The molecule has 1 N–H and O–H groups in total. The fraction of sp³-hybridized carbons (Fsp3) is 0.778. The van der Waals surface area contributed by atoms with Gasteiger partial charge in [0, 0.05) is 6.54 Å². The van der Waals surface area contributed by atoms with Crippen LogP contribution in [0.3, 0.4) is 0 Å². The van der Waals surface area contributed by atoms with Crippen molar-refractivity contribution < 1.29 is 0 Å². The van der Waals surface area contributed by atoms with E-state index in [1.807, 2.05) is 0 Å². The Balaban J connectivity index is 2.70. The summed E-state index contributed by atoms with van der Waals surface area (Å²) in [6.07, 6.45) is 8.50. The monoisotopic (exact) mass is 141 g/mol. The van der Waals surface area contributed by atoms with Gasteiger partial charge in [0.25, 0.3) is 0 Å². The van der Waals surface area contributed by atoms with E-state index >= 15 is 0 Å². The van der Waals surface area contributed by atoms with Gasteiger partial charge in [0.15, 0.2) is 0 Å². The first-order chi connectivity index (χ1) is 4.91. The predicted octanol–water partition coefficient (Wildman–Crippen LogP) is 2.69. The van der Waals surface area contributed by atoms with Gasteiger partial charge in [0.1, 0.15) is 0 Å². The van der Waals surface area contributed by atoms with Crippen LogP contribution in [-0.4, -0.2) is 6.54 Å². The van der Waals surface area contributed by atoms with E-state index < -0.39 is 0 Å². The van der Waals surface area contributed by atoms with Gasteiger partial charge in [-0.15, -0.1) is 0 Å². The highest BCUT2D eigenvalue weighted by Gasteiger charge is 1.85. The average molecular weight is 141 g/mol. The van der Waals surface area contributed by atoms with Crippen molar-refractivity contribution in [1.29, 1.82) is 0 Å². The summed E-state index contributed by atoms with van der Waals surface area (Å²) in [6, 6.07) is 0. The molecule has 0 fully saturated rings. The van der Waals surface area contributed by atoms with Gasteiger partial charge in [-0.2, -0.15) is 0 Å². The maximum absolute atomic E-state index is 3.58. The molecular formula is C9H19N. The maximum Gasteiger partial charge on any atom is 0.0141 e. The van der Waals surface area contributed by atoms with Crippen LogP contribution in [0.2, 0.25) is 0 Å². The lowest BCUT2D eigenvalue weighted by Gasteiger charge is -1.99. The van der Waals surface area contributed by atoms with Gasteiger partial charge in [-0.1, -0.05) is 39.2 Å². The zero-order valence-corrected chi connectivity index (χ0v) is 7.03. The molecule has 1 nitrogen and oxygen atoms in total. The second-order valence-electron chi connectivity index (χ2n) is 2.57. The Morgan fingerprint density at radius 3 is 2.50 bits per heavy atom. The standard InChI is InChI=1S/C9H19N/c1-3-5-6-7-8-9-10-4-2/h4,10H,2-3,5-9H2,1H3. The first-order valence-electron chi connectivity index (χ1n) is 4.26. The number of hydrogen-bond donors (Lipinski definition) is 1. The minimum atomic E-state index is 1.09. The van der Waals surface area contributed by atoms with Crippen molar-refractivity contribution >= 4 is 0 Å². The molecule has 0 aromatic carbocycles. The summed E-state index contributed by atoms with van der Waals surface area (Å²) in [5.41, 5.74) is 0. The van der Waals surface area contributed by atoms with Crippen LogP contribution in [0.15, 0.2) is 12.8 Å². The van der Waals surface area contributed by atoms with Crippen LogP contribution in [0.25, 0.3) is 0 Å². The SMILES string of the molecule is C=CNCCCCCCC. The third-order valence-electron chi connectivity index (χ3n) is 1.57. The summed E-state index contributed by atoms with van der Waals surface area (Å²) >= 11 is 0. The lowest BCUT2D eigenvalue weighted by molar-refractivity contribution is 0.619. The van der Waals surface area contributed by atoms with Gasteiger partial charge in [-0.3, -0.25) is 0 Å². The Morgan fingerprint density at radius 2 is 1.90 bits per heavy atom. The molecule has 60 valence electrons. The minimum Gasteiger partial charge on any atom is -0.391 e. The second kappa shape index (κ2) is 8.54. The molecular weight excluding hydrogens is 122 g/mol. The summed E-state index contributed by atoms with van der Waals surface area (Å²) in [5.74, 6) is 0. The molecule has 0 aromatic rings. The smallest absolute Gasteiger partial charge is 0.0141 e. The molecule has 0 radical (unpaired) electrons. The molecule has 0 rings (SSSR count). The molecule has 0 unspecified atom stereocenters. The van der Waals surface area contributed by atoms with Crippen molar-refractivity contribution in [3.8, 4) is 0 Å². The highest BCUT2D eigenvalue weighted by Crippen LogP contribution is 2.00. The van der Waals surface area contributed by atoms with Crippen molar-refractivity contribution in [1.82, 2.24) is 5.32 Å². The van der Waals surface area contributed by atoms with E-state index in [1.165, 1.54) is 32.1 Å². The van der Waals surface area contributed by atoms with Gasteiger partial charge in [-0.25, -0.2) is 0 Å². The summed E-state index contributed by atoms with van der Waals surface area (Å²) in [4.78, 5) is 0. The van der Waals surface area contributed by atoms with E-state index in [0.717, 1.165) is 6.54 Å². The molecule has 0 atom stereocenters. The fourth-order valence-electron chi connectivity index (χ4n) is 0.933. The Bertz CT molecular complexity index is 69.1. The molecule has 0 bridgehead atoms. The van der Waals surface area contributed by atoms with Crippen LogP contribution in [-0.2, 0) is 0 Å². The number of unbranched alkanes of at least 4 members (excludes halogenated alkanes) is 4. The van der Waals surface area contributed by atoms with Crippen LogP contribution >= 0.6 is 0 Å². The number of hydrogen-bond acceptors (Lipinski definition) is 1. The Labute approximate surface area is 64.5 Å². The predicted molar refractivity (Wildman–Crippen MR) is 47.0 cm³/mol. The topological polar surface area (TPSA) is 12.0 Å². The van der Waals surface area contributed by atoms with E-state index in [1.54, 1.807) is 6.20 Å². The molecule has 0 amide bonds. The summed E-state index contributed by atoms with van der Waals surface area (Å²) in [6.45, 7) is 6.91. The average Bonchev–Trinajstić information content (AvgIpc) is 1.97. The van der Waals surface area contributed by atoms with Gasteiger partial charge < -0.3 is 5.32 Å². The summed E-state index contributed by atoms with van der Waals surface area (Å²) < 4.78 is 0. The van der Waals surface area contributed by atoms with Crippen LogP contribution in [0.4, 0.5) is 0 Å². The summed E-state index contributed by atoms with van der Waals surface area (Å²) in [7, 11) is 0. The zero-order chi connectivity index (χ0) is 7.66. The molecule has 10 heavy (non-hydrogen) atoms. The highest BCUT2D eigenvalue weighted by atomic mass is 14.8. The minimum absolute atomic E-state index is 1.09. The second-order valence-corrected chi connectivity index (χ2v) is 2.57. The van der Waals surface area contributed by atoms with Crippen LogP contribution in [0.5, 0.6) is 0 Å². The molecule has 0 aliphatic rings. The number of rotatable bonds is 7. The molecule has 0 aliphatic heterocycles. The van der Waals surface area contributed by atoms with Crippen molar-refractivity contribution in [2.75, 3.05) is 6.54 Å². The van der Waals surface area contributed by atoms with Crippen LogP contribution < -0.4 is 5.32 Å². The quantitative estimate of drug-likeness (QED) is 0.537. The third-order valence-corrected chi connectivity index (χ3v) is 1.57. The first-order valence-corrected chi connectivity index (χ1v) is 4.26. The molecule has 0 saturated carbocycles. The van der Waals surface area contributed by atoms with Gasteiger partial charge in [0.2, 0.25) is 0 Å². The fourth-order valence-corrected chi connectivity index (χ4v) is 0.933. The zero-order valence-electron chi connectivity index (χ0n) is 7.03. The number of nitrogens with one attached hydrogen (secondary N) is 1. The van der Waals surface area contributed by atoms with E-state index in [0.29, 0.717) is 0 Å². The molecule has 0 aliphatic carbocycles. The normalized spacial score (nSPS) is 9.30.